The molecule has 2 unspecified atom stereocenters. The number of carbonyl (C=O) groups is 1. The second kappa shape index (κ2) is 7.98. The summed E-state index contributed by atoms with van der Waals surface area (Å²) in [5, 5.41) is 3.14. The van der Waals surface area contributed by atoms with Crippen LogP contribution in [0.3, 0.4) is 0 Å². The number of hydrogen-bond donors (Lipinski definition) is 1. The molecular formula is C19H21ClN2O4S. The zero-order chi connectivity index (χ0) is 19.6. The van der Waals surface area contributed by atoms with E-state index in [1.807, 2.05) is 13.8 Å². The molecule has 27 heavy (non-hydrogen) atoms. The number of nitrogens with zero attached hydrogens (tertiary/aromatic N) is 1. The van der Waals surface area contributed by atoms with Crippen LogP contribution < -0.4 is 5.32 Å². The number of morpholine rings is 1. The van der Waals surface area contributed by atoms with E-state index >= 15 is 0 Å². The minimum Gasteiger partial charge on any atom is -0.373 e. The molecule has 0 saturated carbocycles. The van der Waals surface area contributed by atoms with Gasteiger partial charge in [0.15, 0.2) is 0 Å². The molecule has 1 N–H and O–H groups in total. The highest BCUT2D eigenvalue weighted by Gasteiger charge is 2.32. The summed E-state index contributed by atoms with van der Waals surface area (Å²) in [7, 11) is -3.64. The Morgan fingerprint density at radius 2 is 1.67 bits per heavy atom. The molecule has 0 aliphatic carbocycles. The molecule has 8 heteroatoms. The van der Waals surface area contributed by atoms with Crippen molar-refractivity contribution in [2.75, 3.05) is 18.4 Å². The van der Waals surface area contributed by atoms with E-state index in [2.05, 4.69) is 5.32 Å². The average Bonchev–Trinajstić information content (AvgIpc) is 2.63. The Morgan fingerprint density at radius 1 is 1.07 bits per heavy atom. The van der Waals surface area contributed by atoms with Crippen LogP contribution in [0.5, 0.6) is 0 Å². The fourth-order valence-corrected chi connectivity index (χ4v) is 4.78. The molecule has 0 spiro atoms. The molecule has 2 atom stereocenters. The van der Waals surface area contributed by atoms with Crippen LogP contribution in [0.25, 0.3) is 0 Å². The van der Waals surface area contributed by atoms with Gasteiger partial charge in [-0.15, -0.1) is 0 Å². The Bertz CT molecular complexity index is 921. The molecule has 1 heterocycles. The summed E-state index contributed by atoms with van der Waals surface area (Å²) < 4.78 is 32.7. The van der Waals surface area contributed by atoms with Gasteiger partial charge in [-0.3, -0.25) is 4.79 Å². The van der Waals surface area contributed by atoms with Crippen molar-refractivity contribution < 1.29 is 17.9 Å². The van der Waals surface area contributed by atoms with Crippen LogP contribution in [0.4, 0.5) is 5.69 Å². The van der Waals surface area contributed by atoms with Crippen LogP contribution in [-0.2, 0) is 14.8 Å². The molecule has 1 amide bonds. The van der Waals surface area contributed by atoms with Crippen LogP contribution in [0.15, 0.2) is 53.4 Å². The highest BCUT2D eigenvalue weighted by molar-refractivity contribution is 7.89. The molecule has 0 radical (unpaired) electrons. The largest absolute Gasteiger partial charge is 0.373 e. The molecule has 144 valence electrons. The second-order valence-electron chi connectivity index (χ2n) is 6.54. The van der Waals surface area contributed by atoms with Crippen LogP contribution in [0.1, 0.15) is 24.2 Å². The quantitative estimate of drug-likeness (QED) is 0.841. The number of halogens is 1. The van der Waals surface area contributed by atoms with Crippen LogP contribution in [-0.4, -0.2) is 43.9 Å². The van der Waals surface area contributed by atoms with Crippen molar-refractivity contribution >= 4 is 33.2 Å². The third-order valence-electron chi connectivity index (χ3n) is 4.26. The van der Waals surface area contributed by atoms with Crippen LogP contribution >= 0.6 is 11.6 Å². The van der Waals surface area contributed by atoms with Crippen molar-refractivity contribution in [1.82, 2.24) is 4.31 Å². The zero-order valence-electron chi connectivity index (χ0n) is 15.1. The first-order valence-corrected chi connectivity index (χ1v) is 10.4. The van der Waals surface area contributed by atoms with Gasteiger partial charge in [-0.2, -0.15) is 4.31 Å². The molecule has 3 rings (SSSR count). The fraction of sp³-hybridized carbons (Fsp3) is 0.316. The van der Waals surface area contributed by atoms with E-state index in [1.54, 1.807) is 24.3 Å². The summed E-state index contributed by atoms with van der Waals surface area (Å²) in [5.41, 5.74) is 0.842. The minimum absolute atomic E-state index is 0.151. The number of amides is 1. The van der Waals surface area contributed by atoms with Gasteiger partial charge in [-0.1, -0.05) is 23.7 Å². The lowest BCUT2D eigenvalue weighted by atomic mass is 10.2. The number of para-hydroxylation sites is 1. The molecule has 1 fully saturated rings. The number of anilines is 1. The Balaban J connectivity index is 1.76. The van der Waals surface area contributed by atoms with Gasteiger partial charge in [0, 0.05) is 18.7 Å². The van der Waals surface area contributed by atoms with Crippen molar-refractivity contribution in [3.8, 4) is 0 Å². The normalized spacial score (nSPS) is 21.0. The smallest absolute Gasteiger partial charge is 0.255 e. The first-order chi connectivity index (χ1) is 12.8. The number of hydrogen-bond acceptors (Lipinski definition) is 4. The van der Waals surface area contributed by atoms with Crippen molar-refractivity contribution in [2.24, 2.45) is 0 Å². The molecule has 6 nitrogen and oxygen atoms in total. The van der Waals surface area contributed by atoms with Gasteiger partial charge in [0.05, 0.1) is 27.8 Å². The van der Waals surface area contributed by atoms with E-state index < -0.39 is 10.0 Å². The van der Waals surface area contributed by atoms with Gasteiger partial charge in [0.25, 0.3) is 5.91 Å². The minimum atomic E-state index is -3.64. The summed E-state index contributed by atoms with van der Waals surface area (Å²) in [6.07, 6.45) is -0.326. The summed E-state index contributed by atoms with van der Waals surface area (Å²) in [5.74, 6) is -0.360. The molecule has 2 aromatic rings. The molecular weight excluding hydrogens is 388 g/mol. The maximum absolute atomic E-state index is 12.8. The van der Waals surface area contributed by atoms with Gasteiger partial charge < -0.3 is 10.1 Å². The lowest BCUT2D eigenvalue weighted by Gasteiger charge is -2.34. The third kappa shape index (κ3) is 4.50. The number of carbonyl (C=O) groups excluding carboxylic acids is 1. The summed E-state index contributed by atoms with van der Waals surface area (Å²) in [4.78, 5) is 12.5. The van der Waals surface area contributed by atoms with E-state index in [4.69, 9.17) is 16.3 Å². The van der Waals surface area contributed by atoms with Gasteiger partial charge in [-0.05, 0) is 50.2 Å². The summed E-state index contributed by atoms with van der Waals surface area (Å²) in [6, 6.07) is 12.8. The number of sulfonamides is 1. The summed E-state index contributed by atoms with van der Waals surface area (Å²) >= 11 is 6.04. The lowest BCUT2D eigenvalue weighted by molar-refractivity contribution is -0.0440. The Labute approximate surface area is 164 Å². The van der Waals surface area contributed by atoms with Gasteiger partial charge >= 0.3 is 0 Å². The SMILES string of the molecule is CC1CN(S(=O)(=O)c2ccc(C(=O)Nc3ccccc3Cl)cc2)CC(C)O1. The molecule has 1 saturated heterocycles. The van der Waals surface area contributed by atoms with Crippen molar-refractivity contribution in [3.05, 3.63) is 59.1 Å². The number of nitrogens with one attached hydrogen (secondary N) is 1. The fourth-order valence-electron chi connectivity index (χ4n) is 3.01. The molecule has 2 aromatic carbocycles. The number of rotatable bonds is 4. The Morgan fingerprint density at radius 3 is 2.26 bits per heavy atom. The van der Waals surface area contributed by atoms with E-state index in [-0.39, 0.29) is 23.0 Å². The first-order valence-electron chi connectivity index (χ1n) is 8.59. The van der Waals surface area contributed by atoms with Gasteiger partial charge in [0.1, 0.15) is 0 Å². The van der Waals surface area contributed by atoms with Crippen LogP contribution in [0, 0.1) is 0 Å². The van der Waals surface area contributed by atoms with Crippen molar-refractivity contribution in [1.29, 1.82) is 0 Å². The average molecular weight is 409 g/mol. The maximum atomic E-state index is 12.8. The van der Waals surface area contributed by atoms with E-state index in [0.29, 0.717) is 29.4 Å². The van der Waals surface area contributed by atoms with Gasteiger partial charge in [-0.25, -0.2) is 8.42 Å². The molecule has 1 aliphatic heterocycles. The Hall–Kier alpha value is -1.93. The Kier molecular flexibility index (Phi) is 5.86. The van der Waals surface area contributed by atoms with Gasteiger partial charge in [0.2, 0.25) is 10.0 Å². The highest BCUT2D eigenvalue weighted by Crippen LogP contribution is 2.23. The van der Waals surface area contributed by atoms with Crippen LogP contribution in [0.2, 0.25) is 5.02 Å². The third-order valence-corrected chi connectivity index (χ3v) is 6.44. The molecule has 0 bridgehead atoms. The predicted molar refractivity (Wildman–Crippen MR) is 105 cm³/mol. The molecule has 1 aliphatic rings. The zero-order valence-corrected chi connectivity index (χ0v) is 16.6. The maximum Gasteiger partial charge on any atom is 0.255 e. The standard InChI is InChI=1S/C19H21ClN2O4S/c1-13-11-22(12-14(2)26-13)27(24,25)16-9-7-15(8-10-16)19(23)21-18-6-4-3-5-17(18)20/h3-10,13-14H,11-12H2,1-2H3,(H,21,23). The number of ether oxygens (including phenoxy) is 1. The van der Waals surface area contributed by atoms with Crippen molar-refractivity contribution in [2.45, 2.75) is 31.0 Å². The van der Waals surface area contributed by atoms with E-state index in [1.165, 1.54) is 28.6 Å². The number of benzene rings is 2. The predicted octanol–water partition coefficient (Wildman–Crippen LogP) is 3.39. The van der Waals surface area contributed by atoms with E-state index in [9.17, 15) is 13.2 Å². The topological polar surface area (TPSA) is 75.7 Å². The molecule has 0 aromatic heterocycles. The monoisotopic (exact) mass is 408 g/mol. The summed E-state index contributed by atoms with van der Waals surface area (Å²) in [6.45, 7) is 4.31. The van der Waals surface area contributed by atoms with E-state index in [0.717, 1.165) is 0 Å². The van der Waals surface area contributed by atoms with Crippen molar-refractivity contribution in [3.63, 3.8) is 0 Å². The second-order valence-corrected chi connectivity index (χ2v) is 8.88. The lowest BCUT2D eigenvalue weighted by Crippen LogP contribution is -2.48. The first kappa shape index (κ1) is 19.8. The highest BCUT2D eigenvalue weighted by atomic mass is 35.5.